The van der Waals surface area contributed by atoms with E-state index in [-0.39, 0.29) is 26.7 Å². The highest BCUT2D eigenvalue weighted by molar-refractivity contribution is 6.46. The molecule has 126 valence electrons. The predicted molar refractivity (Wildman–Crippen MR) is 94.8 cm³/mol. The van der Waals surface area contributed by atoms with Crippen molar-refractivity contribution in [1.82, 2.24) is 5.32 Å². The maximum absolute atomic E-state index is 12.1. The highest BCUT2D eigenvalue weighted by Gasteiger charge is 2.20. The molecule has 0 aromatic heterocycles. The Labute approximate surface area is 154 Å². The van der Waals surface area contributed by atoms with E-state index >= 15 is 0 Å². The lowest BCUT2D eigenvalue weighted by Crippen LogP contribution is -2.31. The van der Waals surface area contributed by atoms with Crippen LogP contribution >= 0.6 is 34.8 Å². The van der Waals surface area contributed by atoms with Gasteiger partial charge in [0.15, 0.2) is 6.61 Å². The lowest BCUT2D eigenvalue weighted by molar-refractivity contribution is -0.124. The average Bonchev–Trinajstić information content (AvgIpc) is 2.57. The number of benzene rings is 2. The van der Waals surface area contributed by atoms with Gasteiger partial charge in [0, 0.05) is 0 Å². The van der Waals surface area contributed by atoms with Crippen molar-refractivity contribution in [3.05, 3.63) is 68.7 Å². The van der Waals surface area contributed by atoms with Crippen LogP contribution in [0.3, 0.4) is 0 Å². The van der Waals surface area contributed by atoms with Gasteiger partial charge in [-0.3, -0.25) is 4.79 Å². The minimum Gasteiger partial charge on any atom is -0.452 e. The van der Waals surface area contributed by atoms with Gasteiger partial charge in [-0.1, -0.05) is 65.1 Å². The first-order chi connectivity index (χ1) is 11.4. The van der Waals surface area contributed by atoms with E-state index in [1.54, 1.807) is 0 Å². The Balaban J connectivity index is 1.95. The van der Waals surface area contributed by atoms with E-state index in [0.717, 1.165) is 5.56 Å². The number of hydrogen-bond acceptors (Lipinski definition) is 3. The highest BCUT2D eigenvalue weighted by Crippen LogP contribution is 2.31. The first-order valence-corrected chi connectivity index (χ1v) is 8.18. The third-order valence-electron chi connectivity index (χ3n) is 3.26. The van der Waals surface area contributed by atoms with Crippen LogP contribution in [0.15, 0.2) is 42.5 Å². The van der Waals surface area contributed by atoms with Gasteiger partial charge in [-0.05, 0) is 24.6 Å². The number of ether oxygens (including phenoxy) is 1. The molecule has 0 fully saturated rings. The van der Waals surface area contributed by atoms with Crippen molar-refractivity contribution in [2.45, 2.75) is 13.0 Å². The fourth-order valence-corrected chi connectivity index (χ4v) is 2.71. The molecule has 4 nitrogen and oxygen atoms in total. The van der Waals surface area contributed by atoms with E-state index in [0.29, 0.717) is 0 Å². The Bertz CT molecular complexity index is 750. The van der Waals surface area contributed by atoms with Gasteiger partial charge in [0.2, 0.25) is 0 Å². The molecule has 7 heteroatoms. The minimum absolute atomic E-state index is 0.00720. The third-order valence-corrected chi connectivity index (χ3v) is 4.38. The molecule has 0 saturated carbocycles. The number of hydrogen-bond donors (Lipinski definition) is 1. The largest absolute Gasteiger partial charge is 0.452 e. The topological polar surface area (TPSA) is 55.4 Å². The number of amides is 1. The van der Waals surface area contributed by atoms with Gasteiger partial charge < -0.3 is 10.1 Å². The molecule has 1 amide bonds. The number of carbonyl (C=O) groups excluding carboxylic acids is 2. The first-order valence-electron chi connectivity index (χ1n) is 7.05. The van der Waals surface area contributed by atoms with E-state index in [9.17, 15) is 9.59 Å². The van der Waals surface area contributed by atoms with Crippen LogP contribution < -0.4 is 5.32 Å². The molecule has 0 aliphatic rings. The fraction of sp³-hybridized carbons (Fsp3) is 0.176. The SMILES string of the molecule is CC(NC(=O)COC(=O)c1c(Cl)ccc(Cl)c1Cl)c1ccccc1. The molecule has 2 aromatic rings. The monoisotopic (exact) mass is 385 g/mol. The number of rotatable bonds is 5. The summed E-state index contributed by atoms with van der Waals surface area (Å²) in [6.45, 7) is 1.38. The Morgan fingerprint density at radius 1 is 1.04 bits per heavy atom. The maximum Gasteiger partial charge on any atom is 0.341 e. The minimum atomic E-state index is -0.810. The molecule has 24 heavy (non-hydrogen) atoms. The Morgan fingerprint density at radius 2 is 1.67 bits per heavy atom. The van der Waals surface area contributed by atoms with E-state index < -0.39 is 18.5 Å². The van der Waals surface area contributed by atoms with Crippen molar-refractivity contribution in [1.29, 1.82) is 0 Å². The van der Waals surface area contributed by atoms with Crippen LogP contribution in [-0.2, 0) is 9.53 Å². The highest BCUT2D eigenvalue weighted by atomic mass is 35.5. The van der Waals surface area contributed by atoms with Gasteiger partial charge in [0.1, 0.15) is 0 Å². The van der Waals surface area contributed by atoms with Crippen molar-refractivity contribution in [3.63, 3.8) is 0 Å². The molecule has 0 aliphatic carbocycles. The van der Waals surface area contributed by atoms with E-state index in [1.165, 1.54) is 12.1 Å². The lowest BCUT2D eigenvalue weighted by atomic mass is 10.1. The van der Waals surface area contributed by atoms with Crippen LogP contribution in [0, 0.1) is 0 Å². The molecule has 0 bridgehead atoms. The summed E-state index contributed by atoms with van der Waals surface area (Å²) < 4.78 is 4.96. The van der Waals surface area contributed by atoms with Crippen LogP contribution in [0.4, 0.5) is 0 Å². The average molecular weight is 387 g/mol. The molecule has 0 spiro atoms. The lowest BCUT2D eigenvalue weighted by Gasteiger charge is -2.14. The zero-order valence-electron chi connectivity index (χ0n) is 12.7. The summed E-state index contributed by atoms with van der Waals surface area (Å²) >= 11 is 17.7. The van der Waals surface area contributed by atoms with Gasteiger partial charge in [0.05, 0.1) is 26.7 Å². The molecule has 0 aliphatic heterocycles. The summed E-state index contributed by atoms with van der Waals surface area (Å²) in [7, 11) is 0. The summed E-state index contributed by atoms with van der Waals surface area (Å²) in [6, 6.07) is 12.1. The van der Waals surface area contributed by atoms with E-state index in [4.69, 9.17) is 39.5 Å². The van der Waals surface area contributed by atoms with Gasteiger partial charge >= 0.3 is 5.97 Å². The second-order valence-corrected chi connectivity index (χ2v) is 6.19. The molecule has 0 heterocycles. The zero-order valence-corrected chi connectivity index (χ0v) is 15.0. The van der Waals surface area contributed by atoms with Crippen LogP contribution in [0.25, 0.3) is 0 Å². The molecule has 0 saturated heterocycles. The summed E-state index contributed by atoms with van der Waals surface area (Å²) in [5.74, 6) is -1.25. The second-order valence-electron chi connectivity index (χ2n) is 4.99. The Kier molecular flexibility index (Phi) is 6.49. The van der Waals surface area contributed by atoms with Crippen molar-refractivity contribution in [2.24, 2.45) is 0 Å². The van der Waals surface area contributed by atoms with Crippen LogP contribution in [0.2, 0.25) is 15.1 Å². The van der Waals surface area contributed by atoms with Gasteiger partial charge in [-0.25, -0.2) is 4.79 Å². The normalized spacial score (nSPS) is 11.7. The smallest absolute Gasteiger partial charge is 0.341 e. The summed E-state index contributed by atoms with van der Waals surface area (Å²) in [6.07, 6.45) is 0. The molecule has 2 rings (SSSR count). The van der Waals surface area contributed by atoms with Crippen molar-refractivity contribution in [2.75, 3.05) is 6.61 Å². The Hall–Kier alpha value is -1.75. The predicted octanol–water partition coefficient (Wildman–Crippen LogP) is 4.68. The number of carbonyl (C=O) groups is 2. The molecule has 2 aromatic carbocycles. The van der Waals surface area contributed by atoms with Crippen molar-refractivity contribution in [3.8, 4) is 0 Å². The second kappa shape index (κ2) is 8.38. The summed E-state index contributed by atoms with van der Waals surface area (Å²) in [5, 5.41) is 3.01. The van der Waals surface area contributed by atoms with Crippen molar-refractivity contribution < 1.29 is 14.3 Å². The Morgan fingerprint density at radius 3 is 2.33 bits per heavy atom. The number of nitrogens with one attached hydrogen (secondary N) is 1. The number of halogens is 3. The van der Waals surface area contributed by atoms with Gasteiger partial charge in [0.25, 0.3) is 5.91 Å². The van der Waals surface area contributed by atoms with E-state index in [2.05, 4.69) is 5.32 Å². The van der Waals surface area contributed by atoms with Crippen LogP contribution in [0.1, 0.15) is 28.9 Å². The molecule has 1 N–H and O–H groups in total. The van der Waals surface area contributed by atoms with Crippen LogP contribution in [0.5, 0.6) is 0 Å². The van der Waals surface area contributed by atoms with Gasteiger partial charge in [-0.15, -0.1) is 0 Å². The molecular weight excluding hydrogens is 373 g/mol. The maximum atomic E-state index is 12.1. The zero-order chi connectivity index (χ0) is 17.7. The standard InChI is InChI=1S/C17H14Cl3NO3/c1-10(11-5-3-2-4-6-11)21-14(22)9-24-17(23)15-12(18)7-8-13(19)16(15)20/h2-8,10H,9H2,1H3,(H,21,22). The van der Waals surface area contributed by atoms with Gasteiger partial charge in [-0.2, -0.15) is 0 Å². The van der Waals surface area contributed by atoms with Crippen LogP contribution in [-0.4, -0.2) is 18.5 Å². The van der Waals surface area contributed by atoms with E-state index in [1.807, 2.05) is 37.3 Å². The molecular formula is C17H14Cl3NO3. The summed E-state index contributed by atoms with van der Waals surface area (Å²) in [5.41, 5.74) is 0.882. The molecule has 0 radical (unpaired) electrons. The third kappa shape index (κ3) is 4.63. The quantitative estimate of drug-likeness (QED) is 0.599. The number of esters is 1. The van der Waals surface area contributed by atoms with Crippen molar-refractivity contribution >= 4 is 46.7 Å². The fourth-order valence-electron chi connectivity index (χ4n) is 2.03. The molecule has 1 atom stereocenters. The first kappa shape index (κ1) is 18.6. The summed E-state index contributed by atoms with van der Waals surface area (Å²) in [4.78, 5) is 24.0. The molecule has 1 unspecified atom stereocenters.